The van der Waals surface area contributed by atoms with Gasteiger partial charge in [0.15, 0.2) is 0 Å². The summed E-state index contributed by atoms with van der Waals surface area (Å²) in [5.41, 5.74) is 4.44. The maximum Gasteiger partial charge on any atom is 0.293 e. The Kier molecular flexibility index (Phi) is 4.47. The first-order chi connectivity index (χ1) is 19.2. The molecule has 0 aliphatic heterocycles. The van der Waals surface area contributed by atoms with E-state index in [0.717, 1.165) is 69.8 Å². The fourth-order valence-corrected chi connectivity index (χ4v) is 6.07. The zero-order valence-corrected chi connectivity index (χ0v) is 21.3. The lowest BCUT2D eigenvalue weighted by Gasteiger charge is -2.20. The summed E-state index contributed by atoms with van der Waals surface area (Å²) in [5, 5.41) is 18.3. The van der Waals surface area contributed by atoms with Crippen LogP contribution < -0.4 is 0 Å². The summed E-state index contributed by atoms with van der Waals surface area (Å²) in [7, 11) is 0. The molecule has 0 amide bonds. The molecule has 0 saturated heterocycles. The summed E-state index contributed by atoms with van der Waals surface area (Å²) >= 11 is 3.73. The summed E-state index contributed by atoms with van der Waals surface area (Å²) in [6, 6.07) is 39.0. The molecule has 0 spiro atoms. The van der Waals surface area contributed by atoms with Gasteiger partial charge in [0.05, 0.1) is 0 Å². The quantitative estimate of drug-likeness (QED) is 0.216. The number of fused-ring (bicyclic) bond motifs is 4. The van der Waals surface area contributed by atoms with Gasteiger partial charge in [-0.2, -0.15) is 0 Å². The standard InChI is InChI=1S/C34H21BrO2/c35-20-13-14-29-30(19-20)34(28-16-18-32(37)24-10-4-2-8-22(24)28)26-12-6-5-11-25(26)33(29)27-15-17-31(36)23-9-3-1-7-21(23)27/h1-19,36-37H/i/hT2. The van der Waals surface area contributed by atoms with Crippen LogP contribution in [0.15, 0.2) is 120 Å². The lowest BCUT2D eigenvalue weighted by atomic mass is 9.83. The number of benzene rings is 7. The third-order valence-electron chi connectivity index (χ3n) is 7.29. The number of phenolic OH excluding ortho intramolecular Hbond substituents is 2. The lowest BCUT2D eigenvalue weighted by molar-refractivity contribution is 0.481. The van der Waals surface area contributed by atoms with Crippen molar-refractivity contribution in [3.8, 4) is 33.8 Å². The average Bonchev–Trinajstić information content (AvgIpc) is 2.99. The molecule has 0 heterocycles. The summed E-state index contributed by atoms with van der Waals surface area (Å²) in [6.07, 6.45) is 0. The molecule has 7 aromatic carbocycles. The van der Waals surface area contributed by atoms with E-state index in [1.807, 2.05) is 48.5 Å². The van der Waals surface area contributed by atoms with Crippen LogP contribution in [0.2, 0.25) is 0 Å². The van der Waals surface area contributed by atoms with Gasteiger partial charge in [-0.25, -0.2) is 0 Å². The minimum atomic E-state index is 0.531. The molecule has 2 N–H and O–H groups in total. The third kappa shape index (κ3) is 3.32. The van der Waals surface area contributed by atoms with Gasteiger partial charge >= 0.3 is 0 Å². The van der Waals surface area contributed by atoms with Gasteiger partial charge in [-0.3, -0.25) is 0 Å². The summed E-state index contributed by atoms with van der Waals surface area (Å²) in [5.74, 6) is 1.06. The van der Waals surface area contributed by atoms with Crippen LogP contribution in [0.1, 0.15) is 0 Å². The van der Waals surface area contributed by atoms with Crippen LogP contribution in [0.5, 0.6) is 11.5 Å². The highest BCUT2D eigenvalue weighted by molar-refractivity contribution is 9.10. The molecule has 0 fully saturated rings. The largest absolute Gasteiger partial charge is 0.507 e. The van der Waals surface area contributed by atoms with Crippen molar-refractivity contribution < 1.29 is 10.2 Å². The molecule has 0 radical (unpaired) electrons. The molecule has 7 rings (SSSR count). The van der Waals surface area contributed by atoms with Crippen molar-refractivity contribution in [3.05, 3.63) is 120 Å². The van der Waals surface area contributed by atoms with E-state index in [4.69, 9.17) is 13.1 Å². The number of hydrogen-bond donors (Lipinski definition) is 2. The number of rotatable bonds is 4. The minimum absolute atomic E-state index is 0.531. The van der Waals surface area contributed by atoms with E-state index < -0.39 is 0 Å². The highest BCUT2D eigenvalue weighted by Gasteiger charge is 2.20. The molecule has 2 nitrogen and oxygen atoms in total. The van der Waals surface area contributed by atoms with Crippen molar-refractivity contribution in [3.63, 3.8) is 0 Å². The molecule has 0 aliphatic rings. The Morgan fingerprint density at radius 2 is 0.865 bits per heavy atom. The van der Waals surface area contributed by atoms with Gasteiger partial charge in [0.2, 0.25) is 0 Å². The first-order valence-electron chi connectivity index (χ1n) is 13.0. The second kappa shape index (κ2) is 8.36. The zero-order chi connectivity index (χ0) is 26.5. The van der Waals surface area contributed by atoms with Gasteiger partial charge < -0.3 is 10.2 Å². The van der Waals surface area contributed by atoms with E-state index in [1.54, 1.807) is 0 Å². The first-order valence-corrected chi connectivity index (χ1v) is 12.9. The molecule has 0 saturated carbocycles. The molecule has 0 atom stereocenters. The van der Waals surface area contributed by atoms with Crippen molar-refractivity contribution in [1.82, 2.24) is 0 Å². The SMILES string of the molecule is [3H]Oc1ccc(-c2c3ccccc3c(-c3ccc(O[3H])c4ccccc34)c3cc(Br)ccc23)c2ccccc12. The van der Waals surface area contributed by atoms with Gasteiger partial charge in [0.25, 0.3) is 2.86 Å². The molecule has 0 bridgehead atoms. The predicted molar refractivity (Wildman–Crippen MR) is 158 cm³/mol. The van der Waals surface area contributed by atoms with E-state index in [0.29, 0.717) is 11.5 Å². The predicted octanol–water partition coefficient (Wildman–Crippen LogP) is 9.81. The summed E-state index contributed by atoms with van der Waals surface area (Å²) < 4.78 is 16.2. The van der Waals surface area contributed by atoms with Crippen LogP contribution in [0, 0.1) is 0 Å². The van der Waals surface area contributed by atoms with Crippen LogP contribution in [-0.2, 0) is 0 Å². The highest BCUT2D eigenvalue weighted by Crippen LogP contribution is 2.48. The van der Waals surface area contributed by atoms with Crippen LogP contribution >= 0.6 is 15.9 Å². The van der Waals surface area contributed by atoms with E-state index in [1.165, 1.54) is 0 Å². The fourth-order valence-electron chi connectivity index (χ4n) is 5.71. The average molecular weight is 545 g/mol. The highest BCUT2D eigenvalue weighted by atomic mass is 79.9. The first kappa shape index (κ1) is 19.8. The van der Waals surface area contributed by atoms with Crippen molar-refractivity contribution in [2.24, 2.45) is 0 Å². The van der Waals surface area contributed by atoms with Gasteiger partial charge in [-0.1, -0.05) is 107 Å². The monoisotopic (exact) mass is 544 g/mol. The molecule has 0 aliphatic carbocycles. The van der Waals surface area contributed by atoms with Crippen molar-refractivity contribution >= 4 is 59.0 Å². The topological polar surface area (TPSA) is 40.5 Å². The summed E-state index contributed by atoms with van der Waals surface area (Å²) in [4.78, 5) is 0. The maximum absolute atomic E-state index is 7.58. The number of halogens is 1. The van der Waals surface area contributed by atoms with E-state index in [2.05, 4.69) is 82.7 Å². The van der Waals surface area contributed by atoms with Crippen molar-refractivity contribution in [2.45, 2.75) is 0 Å². The number of aromatic hydroxyl groups is 2. The van der Waals surface area contributed by atoms with Gasteiger partial charge in [0, 0.05) is 15.2 Å². The molecule has 37 heavy (non-hydrogen) atoms. The molecular weight excluding hydrogens is 520 g/mol. The summed E-state index contributed by atoms with van der Waals surface area (Å²) in [6.45, 7) is 0. The van der Waals surface area contributed by atoms with Crippen LogP contribution in [0.4, 0.5) is 0 Å². The smallest absolute Gasteiger partial charge is 0.293 e. The van der Waals surface area contributed by atoms with Crippen LogP contribution in [0.25, 0.3) is 65.3 Å². The normalized spacial score (nSPS) is 12.1. The Morgan fingerprint density at radius 1 is 0.432 bits per heavy atom. The molecular formula is C34H21BrO2. The van der Waals surface area contributed by atoms with Gasteiger partial charge in [-0.15, -0.1) is 0 Å². The lowest BCUT2D eigenvalue weighted by Crippen LogP contribution is -1.92. The molecule has 0 unspecified atom stereocenters. The van der Waals surface area contributed by atoms with Crippen molar-refractivity contribution in [1.29, 1.82) is 2.86 Å². The van der Waals surface area contributed by atoms with Gasteiger partial charge in [-0.05, 0) is 78.8 Å². The Morgan fingerprint density at radius 3 is 1.38 bits per heavy atom. The second-order valence-corrected chi connectivity index (χ2v) is 10.2. The fraction of sp³-hybridized carbons (Fsp3) is 0. The Bertz CT molecular complexity index is 2070. The third-order valence-corrected chi connectivity index (χ3v) is 7.79. The van der Waals surface area contributed by atoms with Gasteiger partial charge in [0.1, 0.15) is 11.5 Å². The van der Waals surface area contributed by atoms with Crippen molar-refractivity contribution in [2.75, 3.05) is 0 Å². The molecule has 0 aromatic heterocycles. The molecule has 176 valence electrons. The molecule has 3 heteroatoms. The van der Waals surface area contributed by atoms with Crippen LogP contribution in [0.3, 0.4) is 0 Å². The molecule has 7 aromatic rings. The minimum Gasteiger partial charge on any atom is -0.507 e. The zero-order valence-electron chi connectivity index (χ0n) is 21.7. The maximum atomic E-state index is 7.58. The Labute approximate surface area is 225 Å². The number of phenols is 2. The Balaban J connectivity index is 1.68. The second-order valence-electron chi connectivity index (χ2n) is 9.30. The van der Waals surface area contributed by atoms with E-state index in [9.17, 15) is 0 Å². The van der Waals surface area contributed by atoms with Crippen LogP contribution in [-0.4, -0.2) is 13.1 Å². The van der Waals surface area contributed by atoms with E-state index in [-0.39, 0.29) is 0 Å². The number of hydrogen-bond acceptors (Lipinski definition) is 2. The Hall–Kier alpha value is -4.34. The van der Waals surface area contributed by atoms with E-state index >= 15 is 0 Å².